The number of nitrogens with one attached hydrogen (secondary N) is 2. The summed E-state index contributed by atoms with van der Waals surface area (Å²) in [6, 6.07) is 1.76. The first kappa shape index (κ1) is 11.6. The molecule has 0 saturated carbocycles. The van der Waals surface area contributed by atoms with Crippen LogP contribution in [0.15, 0.2) is 17.2 Å². The zero-order valence-electron chi connectivity index (χ0n) is 9.84. The average Bonchev–Trinajstić information content (AvgIpc) is 2.67. The van der Waals surface area contributed by atoms with Crippen LogP contribution in [0.25, 0.3) is 5.65 Å². The molecule has 1 atom stereocenters. The van der Waals surface area contributed by atoms with Crippen molar-refractivity contribution in [3.63, 3.8) is 0 Å². The molecule has 0 bridgehead atoms. The molecular formula is C10H16N6O. The van der Waals surface area contributed by atoms with Crippen molar-refractivity contribution in [2.45, 2.75) is 19.9 Å². The molecule has 0 radical (unpaired) electrons. The summed E-state index contributed by atoms with van der Waals surface area (Å²) in [6.45, 7) is 4.77. The highest BCUT2D eigenvalue weighted by Crippen LogP contribution is 2.05. The van der Waals surface area contributed by atoms with Gasteiger partial charge in [0.05, 0.1) is 0 Å². The molecule has 0 aliphatic heterocycles. The molecule has 4 N–H and O–H groups in total. The summed E-state index contributed by atoms with van der Waals surface area (Å²) in [5, 5.41) is 9.33. The highest BCUT2D eigenvalue weighted by Gasteiger charge is 2.08. The van der Waals surface area contributed by atoms with E-state index in [1.807, 2.05) is 0 Å². The van der Waals surface area contributed by atoms with Crippen LogP contribution in [0.2, 0.25) is 0 Å². The van der Waals surface area contributed by atoms with E-state index in [-0.39, 0.29) is 11.7 Å². The normalized spacial score (nSPS) is 13.2. The lowest BCUT2D eigenvalue weighted by molar-refractivity contribution is 0.511. The first-order valence-electron chi connectivity index (χ1n) is 5.50. The first-order chi connectivity index (χ1) is 8.08. The van der Waals surface area contributed by atoms with E-state index in [4.69, 9.17) is 5.73 Å². The lowest BCUT2D eigenvalue weighted by atomic mass is 10.1. The van der Waals surface area contributed by atoms with Crippen LogP contribution in [0.5, 0.6) is 0 Å². The summed E-state index contributed by atoms with van der Waals surface area (Å²) < 4.78 is 1.34. The standard InChI is InChI=1S/C10H16N6O/c1-6(2)7(11)4-12-8-3-9-14-15-10(17)16(9)5-13-8/h3,5-7,12H,4,11H2,1-2H3,(H,15,17). The number of hydrogen-bond acceptors (Lipinski definition) is 5. The van der Waals surface area contributed by atoms with Gasteiger partial charge in [0.2, 0.25) is 0 Å². The van der Waals surface area contributed by atoms with Gasteiger partial charge in [0.15, 0.2) is 5.65 Å². The van der Waals surface area contributed by atoms with Gasteiger partial charge in [-0.3, -0.25) is 0 Å². The van der Waals surface area contributed by atoms with Crippen molar-refractivity contribution in [1.82, 2.24) is 19.6 Å². The topological polar surface area (TPSA) is 101 Å². The molecule has 92 valence electrons. The molecule has 2 aromatic heterocycles. The van der Waals surface area contributed by atoms with Crippen molar-refractivity contribution in [3.05, 3.63) is 22.9 Å². The Morgan fingerprint density at radius 1 is 1.59 bits per heavy atom. The van der Waals surface area contributed by atoms with E-state index >= 15 is 0 Å². The van der Waals surface area contributed by atoms with E-state index in [0.717, 1.165) is 0 Å². The van der Waals surface area contributed by atoms with Crippen LogP contribution in [-0.2, 0) is 0 Å². The largest absolute Gasteiger partial charge is 0.368 e. The Balaban J connectivity index is 2.12. The van der Waals surface area contributed by atoms with Gasteiger partial charge in [-0.1, -0.05) is 13.8 Å². The maximum absolute atomic E-state index is 11.2. The van der Waals surface area contributed by atoms with Crippen LogP contribution < -0.4 is 16.7 Å². The van der Waals surface area contributed by atoms with Crippen LogP contribution >= 0.6 is 0 Å². The molecule has 0 fully saturated rings. The number of nitrogens with zero attached hydrogens (tertiary/aromatic N) is 3. The molecular weight excluding hydrogens is 220 g/mol. The molecule has 1 unspecified atom stereocenters. The van der Waals surface area contributed by atoms with Crippen LogP contribution in [0.4, 0.5) is 5.82 Å². The fraction of sp³-hybridized carbons (Fsp3) is 0.500. The van der Waals surface area contributed by atoms with Gasteiger partial charge in [0.25, 0.3) is 0 Å². The molecule has 0 aliphatic rings. The van der Waals surface area contributed by atoms with E-state index in [1.54, 1.807) is 6.07 Å². The molecule has 2 heterocycles. The van der Waals surface area contributed by atoms with Gasteiger partial charge in [0, 0.05) is 18.7 Å². The Morgan fingerprint density at radius 2 is 2.35 bits per heavy atom. The second kappa shape index (κ2) is 4.54. The van der Waals surface area contributed by atoms with Crippen molar-refractivity contribution in [2.24, 2.45) is 11.7 Å². The highest BCUT2D eigenvalue weighted by atomic mass is 16.1. The van der Waals surface area contributed by atoms with Gasteiger partial charge in [0.1, 0.15) is 12.1 Å². The predicted octanol–water partition coefficient (Wildman–Crippen LogP) is -0.187. The molecule has 0 aromatic carbocycles. The van der Waals surface area contributed by atoms with Gasteiger partial charge < -0.3 is 11.1 Å². The molecule has 2 rings (SSSR count). The van der Waals surface area contributed by atoms with Crippen molar-refractivity contribution in [2.75, 3.05) is 11.9 Å². The molecule has 0 spiro atoms. The molecule has 7 nitrogen and oxygen atoms in total. The molecule has 0 amide bonds. The van der Waals surface area contributed by atoms with Crippen molar-refractivity contribution in [1.29, 1.82) is 0 Å². The second-order valence-corrected chi connectivity index (χ2v) is 4.32. The van der Waals surface area contributed by atoms with Gasteiger partial charge >= 0.3 is 5.69 Å². The summed E-state index contributed by atoms with van der Waals surface area (Å²) in [7, 11) is 0. The average molecular weight is 236 g/mol. The smallest absolute Gasteiger partial charge is 0.348 e. The number of hydrogen-bond donors (Lipinski definition) is 3. The molecule has 0 aliphatic carbocycles. The Hall–Kier alpha value is -1.89. The Bertz CT molecular complexity index is 557. The SMILES string of the molecule is CC(C)C(N)CNc1cc2n[nH]c(=O)n2cn1. The van der Waals surface area contributed by atoms with Crippen LogP contribution in [-0.4, -0.2) is 32.2 Å². The minimum atomic E-state index is -0.294. The summed E-state index contributed by atoms with van der Waals surface area (Å²) in [5.74, 6) is 1.06. The maximum atomic E-state index is 11.2. The quantitative estimate of drug-likeness (QED) is 0.683. The maximum Gasteiger partial charge on any atom is 0.348 e. The van der Waals surface area contributed by atoms with Crippen LogP contribution in [0, 0.1) is 5.92 Å². The van der Waals surface area contributed by atoms with Crippen LogP contribution in [0.3, 0.4) is 0 Å². The summed E-state index contributed by atoms with van der Waals surface area (Å²) in [4.78, 5) is 15.3. The van der Waals surface area contributed by atoms with Crippen molar-refractivity contribution in [3.8, 4) is 0 Å². The number of aromatic amines is 1. The molecule has 2 aromatic rings. The number of H-pyrrole nitrogens is 1. The summed E-state index contributed by atoms with van der Waals surface area (Å²) in [6.07, 6.45) is 1.43. The van der Waals surface area contributed by atoms with Gasteiger partial charge in [-0.25, -0.2) is 19.3 Å². The third kappa shape index (κ3) is 2.44. The van der Waals surface area contributed by atoms with E-state index in [1.165, 1.54) is 10.7 Å². The Labute approximate surface area is 98.1 Å². The minimum Gasteiger partial charge on any atom is -0.368 e. The summed E-state index contributed by atoms with van der Waals surface area (Å²) >= 11 is 0. The Kier molecular flexibility index (Phi) is 3.10. The van der Waals surface area contributed by atoms with E-state index in [2.05, 4.69) is 34.3 Å². The second-order valence-electron chi connectivity index (χ2n) is 4.32. The van der Waals surface area contributed by atoms with Crippen molar-refractivity contribution < 1.29 is 0 Å². The molecule has 0 saturated heterocycles. The minimum absolute atomic E-state index is 0.0643. The van der Waals surface area contributed by atoms with E-state index in [0.29, 0.717) is 23.9 Å². The first-order valence-corrected chi connectivity index (χ1v) is 5.50. The number of rotatable bonds is 4. The lowest BCUT2D eigenvalue weighted by Gasteiger charge is -2.16. The Morgan fingerprint density at radius 3 is 3.06 bits per heavy atom. The number of nitrogens with two attached hydrogens (primary N) is 1. The van der Waals surface area contributed by atoms with Gasteiger partial charge in [-0.05, 0) is 5.92 Å². The third-order valence-corrected chi connectivity index (χ3v) is 2.69. The van der Waals surface area contributed by atoms with Gasteiger partial charge in [-0.2, -0.15) is 5.10 Å². The third-order valence-electron chi connectivity index (χ3n) is 2.69. The monoisotopic (exact) mass is 236 g/mol. The highest BCUT2D eigenvalue weighted by molar-refractivity contribution is 5.48. The number of aromatic nitrogens is 4. The lowest BCUT2D eigenvalue weighted by Crippen LogP contribution is -2.34. The van der Waals surface area contributed by atoms with Crippen molar-refractivity contribution >= 4 is 11.5 Å². The molecule has 7 heteroatoms. The molecule has 17 heavy (non-hydrogen) atoms. The number of anilines is 1. The zero-order valence-corrected chi connectivity index (χ0v) is 9.84. The van der Waals surface area contributed by atoms with Gasteiger partial charge in [-0.15, -0.1) is 0 Å². The number of fused-ring (bicyclic) bond motifs is 1. The van der Waals surface area contributed by atoms with E-state index in [9.17, 15) is 4.79 Å². The van der Waals surface area contributed by atoms with E-state index < -0.39 is 0 Å². The fourth-order valence-corrected chi connectivity index (χ4v) is 1.36. The van der Waals surface area contributed by atoms with Crippen LogP contribution in [0.1, 0.15) is 13.8 Å². The zero-order chi connectivity index (χ0) is 12.4. The predicted molar refractivity (Wildman–Crippen MR) is 64.9 cm³/mol. The fourth-order valence-electron chi connectivity index (χ4n) is 1.36. The summed E-state index contributed by atoms with van der Waals surface area (Å²) in [5.41, 5.74) is 6.15.